The molecule has 2 aliphatic carbocycles. The maximum absolute atomic E-state index is 2.52. The zero-order valence-corrected chi connectivity index (χ0v) is 38.3. The van der Waals surface area contributed by atoms with Crippen molar-refractivity contribution in [2.45, 2.75) is 10.8 Å². The largest absolute Gasteiger partial charge is 0.310 e. The Kier molecular flexibility index (Phi) is 8.24. The SMILES string of the molecule is c1ccc(N(c2ccc(-c3cccc4c3C(c3ccccc3)(c3ccccc3)c3ccccc3-4)cc2)c2cccc3c2-c2ccccc2C32c3ccccc3-n3c4ccccc4c4cccc2c43)cc1. The van der Waals surface area contributed by atoms with Gasteiger partial charge in [-0.05, 0) is 115 Å². The molecule has 0 radical (unpaired) electrons. The molecule has 1 aliphatic heterocycles. The Balaban J connectivity index is 0.952. The van der Waals surface area contributed by atoms with Crippen molar-refractivity contribution >= 4 is 38.9 Å². The molecule has 1 unspecified atom stereocenters. The molecule has 0 saturated heterocycles. The number of benzene rings is 11. The number of hydrogen-bond acceptors (Lipinski definition) is 1. The van der Waals surface area contributed by atoms with Gasteiger partial charge in [-0.2, -0.15) is 0 Å². The molecule has 2 heteroatoms. The van der Waals surface area contributed by atoms with E-state index in [0.717, 1.165) is 17.1 Å². The minimum atomic E-state index is -0.552. The molecule has 0 N–H and O–H groups in total. The van der Waals surface area contributed by atoms with Gasteiger partial charge in [0.15, 0.2) is 0 Å². The van der Waals surface area contributed by atoms with E-state index in [9.17, 15) is 0 Å². The maximum atomic E-state index is 2.52. The molecule has 0 fully saturated rings. The summed E-state index contributed by atoms with van der Waals surface area (Å²) >= 11 is 0. The second-order valence-electron chi connectivity index (χ2n) is 19.0. The van der Waals surface area contributed by atoms with E-state index in [4.69, 9.17) is 0 Å². The summed E-state index contributed by atoms with van der Waals surface area (Å²) in [5.74, 6) is 0. The van der Waals surface area contributed by atoms with Crippen molar-refractivity contribution in [1.29, 1.82) is 0 Å². The van der Waals surface area contributed by atoms with Crippen molar-refractivity contribution < 1.29 is 0 Å². The average molecular weight is 889 g/mol. The number of anilines is 3. The second-order valence-corrected chi connectivity index (χ2v) is 19.0. The first-order valence-corrected chi connectivity index (χ1v) is 24.4. The molecular weight excluding hydrogens is 845 g/mol. The van der Waals surface area contributed by atoms with Crippen molar-refractivity contribution in [3.63, 3.8) is 0 Å². The Hall–Kier alpha value is -8.98. The molecular formula is C68H44N2. The molecule has 3 aliphatic rings. The van der Waals surface area contributed by atoms with Gasteiger partial charge in [0, 0.05) is 27.7 Å². The topological polar surface area (TPSA) is 8.17 Å². The highest BCUT2D eigenvalue weighted by Gasteiger charge is 2.52. The highest BCUT2D eigenvalue weighted by molar-refractivity contribution is 6.13. The molecule has 15 rings (SSSR count). The monoisotopic (exact) mass is 888 g/mol. The highest BCUT2D eigenvalue weighted by Crippen LogP contribution is 2.64. The third kappa shape index (κ3) is 5.02. The standard InChI is InChI=1S/C68H44N2/c1-4-21-46(22-5-1)67(47-23-6-2-7-24-47)56-33-13-10-27-51(56)53-31-18-30-50(65(53)67)45-41-43-49(44-42-45)69(48-25-8-3-9-26-48)63-40-20-36-59-64(63)55-29-11-14-34-57(55)68(59)58-35-15-17-39-62(58)70-61-38-16-12-28-52(61)54-32-19-37-60(68)66(54)70/h1-44H. The molecule has 1 atom stereocenters. The van der Waals surface area contributed by atoms with Crippen molar-refractivity contribution in [3.05, 3.63) is 311 Å². The van der Waals surface area contributed by atoms with Gasteiger partial charge in [0.05, 0.1) is 33.2 Å². The van der Waals surface area contributed by atoms with E-state index in [1.807, 2.05) is 0 Å². The van der Waals surface area contributed by atoms with E-state index in [1.54, 1.807) is 0 Å². The molecule has 1 aromatic heterocycles. The van der Waals surface area contributed by atoms with E-state index < -0.39 is 10.8 Å². The first-order valence-electron chi connectivity index (χ1n) is 24.4. The van der Waals surface area contributed by atoms with Crippen molar-refractivity contribution in [1.82, 2.24) is 4.57 Å². The summed E-state index contributed by atoms with van der Waals surface area (Å²) in [6, 6.07) is 99.6. The van der Waals surface area contributed by atoms with Gasteiger partial charge in [-0.25, -0.2) is 0 Å². The van der Waals surface area contributed by atoms with Crippen LogP contribution in [-0.2, 0) is 10.8 Å². The summed E-state index contributed by atoms with van der Waals surface area (Å²) in [5.41, 5.74) is 24.0. The summed E-state index contributed by atoms with van der Waals surface area (Å²) in [4.78, 5) is 2.48. The predicted molar refractivity (Wildman–Crippen MR) is 289 cm³/mol. The van der Waals surface area contributed by atoms with Gasteiger partial charge in [-0.15, -0.1) is 0 Å². The van der Waals surface area contributed by atoms with Gasteiger partial charge in [0.25, 0.3) is 0 Å². The van der Waals surface area contributed by atoms with Crippen LogP contribution in [0.15, 0.2) is 267 Å². The van der Waals surface area contributed by atoms with Crippen LogP contribution in [0, 0.1) is 0 Å². The molecule has 70 heavy (non-hydrogen) atoms. The highest BCUT2D eigenvalue weighted by atomic mass is 15.1. The van der Waals surface area contributed by atoms with E-state index in [1.165, 1.54) is 105 Å². The molecule has 0 bridgehead atoms. The third-order valence-electron chi connectivity index (χ3n) is 15.9. The van der Waals surface area contributed by atoms with Gasteiger partial charge in [-0.3, -0.25) is 0 Å². The first-order chi connectivity index (χ1) is 34.8. The number of aromatic nitrogens is 1. The van der Waals surface area contributed by atoms with Crippen LogP contribution < -0.4 is 4.90 Å². The van der Waals surface area contributed by atoms with Crippen LogP contribution in [0.3, 0.4) is 0 Å². The lowest BCUT2D eigenvalue weighted by Crippen LogP contribution is -2.33. The van der Waals surface area contributed by atoms with Crippen LogP contribution in [0.4, 0.5) is 17.1 Å². The van der Waals surface area contributed by atoms with Gasteiger partial charge < -0.3 is 9.47 Å². The van der Waals surface area contributed by atoms with E-state index >= 15 is 0 Å². The third-order valence-corrected chi connectivity index (χ3v) is 15.9. The summed E-state index contributed by atoms with van der Waals surface area (Å²) in [6.45, 7) is 0. The molecule has 2 nitrogen and oxygen atoms in total. The lowest BCUT2D eigenvalue weighted by atomic mass is 9.65. The first kappa shape index (κ1) is 39.1. The Bertz CT molecular complexity index is 4010. The molecule has 0 saturated carbocycles. The predicted octanol–water partition coefficient (Wildman–Crippen LogP) is 17.0. The van der Waals surface area contributed by atoms with Crippen LogP contribution in [-0.4, -0.2) is 4.57 Å². The second kappa shape index (κ2) is 14.8. The summed E-state index contributed by atoms with van der Waals surface area (Å²) in [5, 5.41) is 2.56. The number of fused-ring (bicyclic) bond motifs is 15. The number of rotatable bonds is 6. The fourth-order valence-electron chi connectivity index (χ4n) is 13.3. The lowest BCUT2D eigenvalue weighted by Gasteiger charge is -2.39. The van der Waals surface area contributed by atoms with Gasteiger partial charge in [0.1, 0.15) is 0 Å². The normalized spacial score (nSPS) is 15.3. The lowest BCUT2D eigenvalue weighted by molar-refractivity contribution is 0.748. The smallest absolute Gasteiger partial charge is 0.0755 e. The zero-order valence-electron chi connectivity index (χ0n) is 38.3. The zero-order chi connectivity index (χ0) is 46.0. The maximum Gasteiger partial charge on any atom is 0.0755 e. The Morgan fingerprint density at radius 3 is 1.59 bits per heavy atom. The van der Waals surface area contributed by atoms with Crippen LogP contribution in [0.1, 0.15) is 44.5 Å². The minimum absolute atomic E-state index is 0.510. The van der Waals surface area contributed by atoms with Crippen LogP contribution in [0.2, 0.25) is 0 Å². The van der Waals surface area contributed by atoms with Gasteiger partial charge >= 0.3 is 0 Å². The quantitative estimate of drug-likeness (QED) is 0.161. The van der Waals surface area contributed by atoms with Crippen LogP contribution in [0.25, 0.3) is 60.9 Å². The Morgan fingerprint density at radius 2 is 0.829 bits per heavy atom. The number of nitrogens with zero attached hydrogens (tertiary/aromatic N) is 2. The molecule has 1 spiro atoms. The summed E-state index contributed by atoms with van der Waals surface area (Å²) < 4.78 is 2.52. The Labute approximate surface area is 407 Å². The van der Waals surface area contributed by atoms with Gasteiger partial charge in [-0.1, -0.05) is 224 Å². The van der Waals surface area contributed by atoms with E-state index in [2.05, 4.69) is 276 Å². The number of hydrogen-bond donors (Lipinski definition) is 0. The molecule has 11 aromatic carbocycles. The number of para-hydroxylation sites is 4. The molecule has 12 aromatic rings. The molecule has 0 amide bonds. The molecule has 326 valence electrons. The fourth-order valence-corrected chi connectivity index (χ4v) is 13.3. The molecule has 2 heterocycles. The van der Waals surface area contributed by atoms with Crippen molar-refractivity contribution in [3.8, 4) is 39.1 Å². The van der Waals surface area contributed by atoms with Crippen molar-refractivity contribution in [2.24, 2.45) is 0 Å². The average Bonchev–Trinajstić information content (AvgIpc) is 4.06. The van der Waals surface area contributed by atoms with Gasteiger partial charge in [0.2, 0.25) is 0 Å². The van der Waals surface area contributed by atoms with Crippen LogP contribution >= 0.6 is 0 Å². The Morgan fingerprint density at radius 1 is 0.314 bits per heavy atom. The summed E-state index contributed by atoms with van der Waals surface area (Å²) in [7, 11) is 0. The minimum Gasteiger partial charge on any atom is -0.310 e. The van der Waals surface area contributed by atoms with Crippen LogP contribution in [0.5, 0.6) is 0 Å². The summed E-state index contributed by atoms with van der Waals surface area (Å²) in [6.07, 6.45) is 0. The van der Waals surface area contributed by atoms with E-state index in [-0.39, 0.29) is 0 Å². The fraction of sp³-hybridized carbons (Fsp3) is 0.0294. The van der Waals surface area contributed by atoms with E-state index in [0.29, 0.717) is 0 Å². The van der Waals surface area contributed by atoms with Crippen molar-refractivity contribution in [2.75, 3.05) is 4.90 Å².